The third-order valence-corrected chi connectivity index (χ3v) is 1.83. The van der Waals surface area contributed by atoms with Crippen molar-refractivity contribution in [3.05, 3.63) is 11.7 Å². The Morgan fingerprint density at radius 3 is 3.00 bits per heavy atom. The largest absolute Gasteiger partial charge is 0.480 e. The van der Waals surface area contributed by atoms with E-state index in [4.69, 9.17) is 19.1 Å². The molecule has 0 aliphatic carbocycles. The van der Waals surface area contributed by atoms with Crippen molar-refractivity contribution in [3.8, 4) is 0 Å². The van der Waals surface area contributed by atoms with E-state index in [1.807, 2.05) is 6.92 Å². The number of rotatable bonds is 7. The average molecular weight is 230 g/mol. The molecule has 7 heteroatoms. The van der Waals surface area contributed by atoms with Crippen molar-refractivity contribution in [3.63, 3.8) is 0 Å². The Hall–Kier alpha value is -1.47. The molecule has 0 aliphatic heterocycles. The molecule has 0 bridgehead atoms. The summed E-state index contributed by atoms with van der Waals surface area (Å²) in [4.78, 5) is 14.2. The first-order valence-electron chi connectivity index (χ1n) is 4.75. The number of hydrogen-bond donors (Lipinski definition) is 1. The maximum Gasteiger partial charge on any atom is 0.329 e. The summed E-state index contributed by atoms with van der Waals surface area (Å²) in [5, 5.41) is 12.0. The summed E-state index contributed by atoms with van der Waals surface area (Å²) in [6.07, 6.45) is 0.546. The summed E-state index contributed by atoms with van der Waals surface area (Å²) in [5.41, 5.74) is 0. The molecule has 1 heterocycles. The van der Waals surface area contributed by atoms with Crippen LogP contribution in [-0.2, 0) is 27.3 Å². The average Bonchev–Trinajstić information content (AvgIpc) is 2.65. The molecule has 0 aromatic carbocycles. The van der Waals surface area contributed by atoms with Crippen LogP contribution in [0.15, 0.2) is 4.52 Å². The first-order chi connectivity index (χ1) is 7.61. The highest BCUT2D eigenvalue weighted by Crippen LogP contribution is 2.03. The van der Waals surface area contributed by atoms with Gasteiger partial charge in [0.2, 0.25) is 0 Å². The normalized spacial score (nSPS) is 12.6. The van der Waals surface area contributed by atoms with E-state index < -0.39 is 5.97 Å². The molecule has 0 radical (unpaired) electrons. The van der Waals surface area contributed by atoms with Gasteiger partial charge in [-0.25, -0.2) is 4.79 Å². The predicted molar refractivity (Wildman–Crippen MR) is 51.8 cm³/mol. The Balaban J connectivity index is 2.36. The van der Waals surface area contributed by atoms with Gasteiger partial charge in [-0.05, 0) is 6.92 Å². The summed E-state index contributed by atoms with van der Waals surface area (Å²) >= 11 is 0. The molecule has 0 fully saturated rings. The summed E-state index contributed by atoms with van der Waals surface area (Å²) in [6.45, 7) is 1.50. The van der Waals surface area contributed by atoms with Crippen LogP contribution in [0.3, 0.4) is 0 Å². The molecular weight excluding hydrogens is 216 g/mol. The van der Waals surface area contributed by atoms with E-state index in [1.54, 1.807) is 7.11 Å². The molecule has 16 heavy (non-hydrogen) atoms. The number of carbonyl (C=O) groups is 1. The van der Waals surface area contributed by atoms with Gasteiger partial charge in [-0.1, -0.05) is 5.16 Å². The molecule has 1 unspecified atom stereocenters. The molecule has 0 amide bonds. The van der Waals surface area contributed by atoms with Crippen molar-refractivity contribution in [2.45, 2.75) is 26.1 Å². The monoisotopic (exact) mass is 230 g/mol. The molecule has 0 saturated heterocycles. The fourth-order valence-electron chi connectivity index (χ4n) is 0.998. The lowest BCUT2D eigenvalue weighted by molar-refractivity contribution is -0.142. The molecule has 0 spiro atoms. The molecule has 0 aliphatic rings. The van der Waals surface area contributed by atoms with Crippen molar-refractivity contribution >= 4 is 5.97 Å². The molecule has 1 rings (SSSR count). The number of methoxy groups -OCH3 is 1. The highest BCUT2D eigenvalue weighted by molar-refractivity contribution is 5.67. The van der Waals surface area contributed by atoms with E-state index in [2.05, 4.69) is 10.1 Å². The third-order valence-electron chi connectivity index (χ3n) is 1.83. The minimum Gasteiger partial charge on any atom is -0.480 e. The number of nitrogens with zero attached hydrogens (tertiary/aromatic N) is 2. The fraction of sp³-hybridized carbons (Fsp3) is 0.667. The van der Waals surface area contributed by atoms with E-state index in [9.17, 15) is 4.79 Å². The minimum atomic E-state index is -1.03. The highest BCUT2D eigenvalue weighted by Gasteiger charge is 2.10. The Kier molecular flexibility index (Phi) is 4.87. The molecule has 1 aromatic rings. The summed E-state index contributed by atoms with van der Waals surface area (Å²) < 4.78 is 14.7. The molecule has 1 aromatic heterocycles. The van der Waals surface area contributed by atoms with Crippen LogP contribution in [0, 0.1) is 0 Å². The third kappa shape index (κ3) is 4.37. The zero-order valence-electron chi connectivity index (χ0n) is 9.17. The van der Waals surface area contributed by atoms with Crippen LogP contribution in [0.25, 0.3) is 0 Å². The maximum absolute atomic E-state index is 10.2. The zero-order valence-corrected chi connectivity index (χ0v) is 9.17. The van der Waals surface area contributed by atoms with Crippen LogP contribution in [0.5, 0.6) is 0 Å². The van der Waals surface area contributed by atoms with E-state index in [1.165, 1.54) is 0 Å². The number of aliphatic carboxylic acids is 1. The van der Waals surface area contributed by atoms with Crippen LogP contribution in [0.4, 0.5) is 0 Å². The summed E-state index contributed by atoms with van der Waals surface area (Å²) in [6, 6.07) is 0. The lowest BCUT2D eigenvalue weighted by Crippen LogP contribution is -2.10. The van der Waals surface area contributed by atoms with Gasteiger partial charge in [-0.3, -0.25) is 0 Å². The number of carboxylic acid groups (broad SMARTS) is 1. The molecule has 7 nitrogen and oxygen atoms in total. The van der Waals surface area contributed by atoms with E-state index in [0.29, 0.717) is 12.2 Å². The van der Waals surface area contributed by atoms with E-state index in [-0.39, 0.29) is 25.2 Å². The maximum atomic E-state index is 10.2. The van der Waals surface area contributed by atoms with Gasteiger partial charge in [0.05, 0.1) is 6.10 Å². The van der Waals surface area contributed by atoms with E-state index in [0.717, 1.165) is 0 Å². The van der Waals surface area contributed by atoms with Crippen LogP contribution < -0.4 is 0 Å². The molecule has 1 N–H and O–H groups in total. The van der Waals surface area contributed by atoms with Crippen molar-refractivity contribution in [1.29, 1.82) is 0 Å². The van der Waals surface area contributed by atoms with Crippen LogP contribution in [0.1, 0.15) is 18.6 Å². The fourth-order valence-corrected chi connectivity index (χ4v) is 0.998. The second kappa shape index (κ2) is 6.19. The minimum absolute atomic E-state index is 0.000658. The quantitative estimate of drug-likeness (QED) is 0.717. The Morgan fingerprint density at radius 1 is 1.62 bits per heavy atom. The second-order valence-electron chi connectivity index (χ2n) is 3.24. The number of carboxylic acids is 1. The molecular formula is C9H14N2O5. The van der Waals surface area contributed by atoms with Crippen LogP contribution >= 0.6 is 0 Å². The first kappa shape index (κ1) is 12.6. The first-order valence-corrected chi connectivity index (χ1v) is 4.75. The van der Waals surface area contributed by atoms with Crippen molar-refractivity contribution in [2.75, 3.05) is 13.7 Å². The topological polar surface area (TPSA) is 94.7 Å². The smallest absolute Gasteiger partial charge is 0.329 e. The van der Waals surface area contributed by atoms with Gasteiger partial charge >= 0.3 is 5.97 Å². The van der Waals surface area contributed by atoms with Crippen LogP contribution in [0.2, 0.25) is 0 Å². The Labute approximate surface area is 92.4 Å². The summed E-state index contributed by atoms with van der Waals surface area (Å²) in [5.74, 6) is -0.254. The van der Waals surface area contributed by atoms with Gasteiger partial charge in [-0.2, -0.15) is 4.98 Å². The SMILES string of the molecule is COC(C)Cc1noc(COCC(=O)O)n1. The number of ether oxygens (including phenoxy) is 2. The van der Waals surface area contributed by atoms with Gasteiger partial charge in [0.25, 0.3) is 5.89 Å². The number of hydrogen-bond acceptors (Lipinski definition) is 6. The molecule has 1 atom stereocenters. The van der Waals surface area contributed by atoms with Gasteiger partial charge in [0, 0.05) is 13.5 Å². The van der Waals surface area contributed by atoms with Crippen molar-refractivity contribution in [1.82, 2.24) is 10.1 Å². The molecule has 0 saturated carbocycles. The van der Waals surface area contributed by atoms with Crippen LogP contribution in [-0.4, -0.2) is 41.0 Å². The second-order valence-corrected chi connectivity index (χ2v) is 3.24. The van der Waals surface area contributed by atoms with Gasteiger partial charge in [0.15, 0.2) is 5.82 Å². The predicted octanol–water partition coefficient (Wildman–Crippen LogP) is 0.248. The van der Waals surface area contributed by atoms with Crippen molar-refractivity contribution < 1.29 is 23.9 Å². The molecule has 90 valence electrons. The van der Waals surface area contributed by atoms with Gasteiger partial charge in [0.1, 0.15) is 13.2 Å². The Bertz CT molecular complexity index is 338. The lowest BCUT2D eigenvalue weighted by Gasteiger charge is -2.03. The van der Waals surface area contributed by atoms with E-state index >= 15 is 0 Å². The highest BCUT2D eigenvalue weighted by atomic mass is 16.5. The number of aromatic nitrogens is 2. The summed E-state index contributed by atoms with van der Waals surface area (Å²) in [7, 11) is 1.60. The standard InChI is InChI=1S/C9H14N2O5/c1-6(14-2)3-7-10-8(16-11-7)4-15-5-9(12)13/h6H,3-5H2,1-2H3,(H,12,13). The Morgan fingerprint density at radius 2 is 2.38 bits per heavy atom. The zero-order chi connectivity index (χ0) is 12.0. The van der Waals surface area contributed by atoms with Crippen molar-refractivity contribution in [2.24, 2.45) is 0 Å². The van der Waals surface area contributed by atoms with Gasteiger partial charge in [-0.15, -0.1) is 0 Å². The lowest BCUT2D eigenvalue weighted by atomic mass is 10.3. The van der Waals surface area contributed by atoms with Gasteiger partial charge < -0.3 is 19.1 Å².